The first-order valence-corrected chi connectivity index (χ1v) is 3.71. The van der Waals surface area contributed by atoms with E-state index in [-0.39, 0.29) is 0 Å². The van der Waals surface area contributed by atoms with Crippen molar-refractivity contribution in [3.8, 4) is 0 Å². The number of alkyl halides is 1. The molecule has 0 N–H and O–H groups in total. The summed E-state index contributed by atoms with van der Waals surface area (Å²) in [7, 11) is 1.96. The lowest BCUT2D eigenvalue weighted by Crippen LogP contribution is -2.22. The van der Waals surface area contributed by atoms with Crippen LogP contribution in [0.2, 0.25) is 0 Å². The molecule has 1 heterocycles. The van der Waals surface area contributed by atoms with E-state index >= 15 is 0 Å². The molecule has 0 radical (unpaired) electrons. The standard InChI is InChI=1S/C8H14FN/c1-3-4-8-5-7(9)6-10(8)2/h3-4,7-8H,5-6H2,1-2H3/b4-3+/t7-,8?/m0/s1. The van der Waals surface area contributed by atoms with Crippen molar-refractivity contribution in [2.75, 3.05) is 13.6 Å². The maximum atomic E-state index is 12.7. The Labute approximate surface area is 61.5 Å². The molecule has 1 unspecified atom stereocenters. The zero-order valence-electron chi connectivity index (χ0n) is 6.55. The Morgan fingerprint density at radius 1 is 1.60 bits per heavy atom. The molecule has 2 heteroatoms. The number of likely N-dealkylation sites (N-methyl/N-ethyl adjacent to an activating group) is 1. The minimum absolute atomic E-state index is 0.333. The molecule has 0 aromatic rings. The summed E-state index contributed by atoms with van der Waals surface area (Å²) in [6.45, 7) is 2.56. The molecular formula is C8H14FN. The molecule has 0 bridgehead atoms. The van der Waals surface area contributed by atoms with Gasteiger partial charge in [0.15, 0.2) is 0 Å². The predicted octanol–water partition coefficient (Wildman–Crippen LogP) is 1.60. The average molecular weight is 143 g/mol. The Morgan fingerprint density at radius 2 is 2.30 bits per heavy atom. The number of hydrogen-bond acceptors (Lipinski definition) is 1. The van der Waals surface area contributed by atoms with E-state index in [0.29, 0.717) is 19.0 Å². The molecule has 0 amide bonds. The van der Waals surface area contributed by atoms with Gasteiger partial charge in [0.05, 0.1) is 0 Å². The molecule has 1 fully saturated rings. The fourth-order valence-corrected chi connectivity index (χ4v) is 1.41. The molecule has 1 rings (SSSR count). The van der Waals surface area contributed by atoms with Crippen LogP contribution in [0.15, 0.2) is 12.2 Å². The van der Waals surface area contributed by atoms with Gasteiger partial charge < -0.3 is 0 Å². The average Bonchev–Trinajstić information content (AvgIpc) is 2.13. The molecule has 1 aliphatic rings. The summed E-state index contributed by atoms with van der Waals surface area (Å²) < 4.78 is 12.7. The first-order chi connectivity index (χ1) is 4.74. The lowest BCUT2D eigenvalue weighted by Gasteiger charge is -2.13. The van der Waals surface area contributed by atoms with Crippen LogP contribution in [0.25, 0.3) is 0 Å². The van der Waals surface area contributed by atoms with Crippen molar-refractivity contribution in [1.82, 2.24) is 4.90 Å². The minimum atomic E-state index is -0.619. The summed E-state index contributed by atoms with van der Waals surface area (Å²) >= 11 is 0. The number of rotatable bonds is 1. The van der Waals surface area contributed by atoms with E-state index in [0.717, 1.165) is 0 Å². The van der Waals surface area contributed by atoms with Gasteiger partial charge in [0.2, 0.25) is 0 Å². The van der Waals surface area contributed by atoms with E-state index in [1.165, 1.54) is 0 Å². The van der Waals surface area contributed by atoms with E-state index in [2.05, 4.69) is 6.08 Å². The number of hydrogen-bond donors (Lipinski definition) is 0. The third-order valence-corrected chi connectivity index (χ3v) is 1.96. The van der Waals surface area contributed by atoms with Gasteiger partial charge in [-0.2, -0.15) is 0 Å². The van der Waals surface area contributed by atoms with E-state index in [1.54, 1.807) is 0 Å². The van der Waals surface area contributed by atoms with Gasteiger partial charge in [-0.3, -0.25) is 4.90 Å². The largest absolute Gasteiger partial charge is 0.297 e. The van der Waals surface area contributed by atoms with Crippen LogP contribution >= 0.6 is 0 Å². The van der Waals surface area contributed by atoms with Crippen molar-refractivity contribution in [2.45, 2.75) is 25.6 Å². The lowest BCUT2D eigenvalue weighted by atomic mass is 10.2. The molecule has 0 aromatic heterocycles. The zero-order chi connectivity index (χ0) is 7.56. The number of likely N-dealkylation sites (tertiary alicyclic amines) is 1. The smallest absolute Gasteiger partial charge is 0.115 e. The third kappa shape index (κ3) is 1.57. The van der Waals surface area contributed by atoms with Crippen molar-refractivity contribution < 1.29 is 4.39 Å². The lowest BCUT2D eigenvalue weighted by molar-refractivity contribution is 0.311. The molecule has 1 aliphatic heterocycles. The fraction of sp³-hybridized carbons (Fsp3) is 0.750. The van der Waals surface area contributed by atoms with Gasteiger partial charge in [-0.1, -0.05) is 12.2 Å². The van der Waals surface area contributed by atoms with E-state index < -0.39 is 6.17 Å². The highest BCUT2D eigenvalue weighted by atomic mass is 19.1. The molecule has 58 valence electrons. The van der Waals surface area contributed by atoms with Crippen LogP contribution in [-0.4, -0.2) is 30.7 Å². The third-order valence-electron chi connectivity index (χ3n) is 1.96. The van der Waals surface area contributed by atoms with Crippen molar-refractivity contribution in [2.24, 2.45) is 0 Å². The van der Waals surface area contributed by atoms with Gasteiger partial charge in [-0.25, -0.2) is 4.39 Å². The Hall–Kier alpha value is -0.370. The summed E-state index contributed by atoms with van der Waals surface area (Å²) in [5, 5.41) is 0. The quantitative estimate of drug-likeness (QED) is 0.504. The van der Waals surface area contributed by atoms with Crippen LogP contribution in [0.3, 0.4) is 0 Å². The van der Waals surface area contributed by atoms with Crippen molar-refractivity contribution in [3.63, 3.8) is 0 Å². The molecule has 0 aromatic carbocycles. The minimum Gasteiger partial charge on any atom is -0.297 e. The second-order valence-electron chi connectivity index (χ2n) is 2.87. The Balaban J connectivity index is 2.46. The summed E-state index contributed by atoms with van der Waals surface area (Å²) in [5.41, 5.74) is 0. The van der Waals surface area contributed by atoms with Gasteiger partial charge in [0, 0.05) is 12.6 Å². The SMILES string of the molecule is C/C=C/C1C[C@H](F)CN1C. The van der Waals surface area contributed by atoms with Crippen molar-refractivity contribution >= 4 is 0 Å². The summed E-state index contributed by atoms with van der Waals surface area (Å²) in [5.74, 6) is 0. The topological polar surface area (TPSA) is 3.24 Å². The molecule has 10 heavy (non-hydrogen) atoms. The fourth-order valence-electron chi connectivity index (χ4n) is 1.41. The molecule has 0 aliphatic carbocycles. The van der Waals surface area contributed by atoms with Crippen LogP contribution < -0.4 is 0 Å². The van der Waals surface area contributed by atoms with Gasteiger partial charge in [-0.15, -0.1) is 0 Å². The van der Waals surface area contributed by atoms with Gasteiger partial charge in [-0.05, 0) is 20.4 Å². The second kappa shape index (κ2) is 3.15. The van der Waals surface area contributed by atoms with Crippen LogP contribution in [0.1, 0.15) is 13.3 Å². The van der Waals surface area contributed by atoms with Crippen molar-refractivity contribution in [1.29, 1.82) is 0 Å². The van der Waals surface area contributed by atoms with Crippen molar-refractivity contribution in [3.05, 3.63) is 12.2 Å². The first-order valence-electron chi connectivity index (χ1n) is 3.71. The van der Waals surface area contributed by atoms with Gasteiger partial charge in [0.25, 0.3) is 0 Å². The molecule has 1 saturated heterocycles. The van der Waals surface area contributed by atoms with Crippen LogP contribution in [0, 0.1) is 0 Å². The summed E-state index contributed by atoms with van der Waals surface area (Å²) in [6, 6.07) is 0.333. The molecular weight excluding hydrogens is 129 g/mol. The first kappa shape index (κ1) is 7.73. The Morgan fingerprint density at radius 3 is 2.70 bits per heavy atom. The number of allylic oxidation sites excluding steroid dienone is 1. The van der Waals surface area contributed by atoms with Gasteiger partial charge >= 0.3 is 0 Å². The normalized spacial score (nSPS) is 35.9. The number of halogens is 1. The maximum Gasteiger partial charge on any atom is 0.115 e. The second-order valence-corrected chi connectivity index (χ2v) is 2.87. The van der Waals surface area contributed by atoms with E-state index in [4.69, 9.17) is 0 Å². The summed E-state index contributed by atoms with van der Waals surface area (Å²) in [6.07, 6.45) is 4.09. The highest BCUT2D eigenvalue weighted by Gasteiger charge is 2.26. The monoisotopic (exact) mass is 143 g/mol. The van der Waals surface area contributed by atoms with Crippen LogP contribution in [0.4, 0.5) is 4.39 Å². The van der Waals surface area contributed by atoms with E-state index in [1.807, 2.05) is 24.9 Å². The summed E-state index contributed by atoms with van der Waals surface area (Å²) in [4.78, 5) is 2.05. The highest BCUT2D eigenvalue weighted by Crippen LogP contribution is 2.18. The molecule has 1 nitrogen and oxygen atoms in total. The van der Waals surface area contributed by atoms with Crippen LogP contribution in [-0.2, 0) is 0 Å². The Kier molecular flexibility index (Phi) is 2.44. The van der Waals surface area contributed by atoms with Gasteiger partial charge in [0.1, 0.15) is 6.17 Å². The molecule has 2 atom stereocenters. The zero-order valence-corrected chi connectivity index (χ0v) is 6.55. The molecule has 0 spiro atoms. The maximum absolute atomic E-state index is 12.7. The molecule has 0 saturated carbocycles. The number of nitrogens with zero attached hydrogens (tertiary/aromatic N) is 1. The predicted molar refractivity (Wildman–Crippen MR) is 40.7 cm³/mol. The van der Waals surface area contributed by atoms with Crippen LogP contribution in [0.5, 0.6) is 0 Å². The Bertz CT molecular complexity index is 133. The highest BCUT2D eigenvalue weighted by molar-refractivity contribution is 4.97. The van der Waals surface area contributed by atoms with E-state index in [9.17, 15) is 4.39 Å².